The van der Waals surface area contributed by atoms with Gasteiger partial charge in [0.15, 0.2) is 0 Å². The Kier molecular flexibility index (Phi) is 15.2. The van der Waals surface area contributed by atoms with Gasteiger partial charge in [0.2, 0.25) is 5.91 Å². The SMILES string of the molecule is O=C(NC1CCC(Nc2cc(C(F)(F)F)nc3ccccc23)CC1)C1CC1.[CH3-].[CH3-].[Cs+].[Cs+]. The molecule has 1 heterocycles. The number of aromatic nitrogens is 1. The van der Waals surface area contributed by atoms with Crippen molar-refractivity contribution in [3.05, 3.63) is 50.9 Å². The molecule has 0 aliphatic heterocycles. The molecule has 2 saturated carbocycles. The van der Waals surface area contributed by atoms with E-state index >= 15 is 0 Å². The van der Waals surface area contributed by atoms with Crippen LogP contribution in [0.4, 0.5) is 18.9 Å². The van der Waals surface area contributed by atoms with Crippen molar-refractivity contribution < 1.29 is 156 Å². The van der Waals surface area contributed by atoms with E-state index in [1.165, 1.54) is 0 Å². The van der Waals surface area contributed by atoms with Crippen molar-refractivity contribution in [3.63, 3.8) is 0 Å². The zero-order chi connectivity index (χ0) is 19.0. The minimum Gasteiger partial charge on any atom is -0.382 e. The Hall–Kier alpha value is 1.79. The van der Waals surface area contributed by atoms with Gasteiger partial charge in [0.1, 0.15) is 5.69 Å². The molecule has 2 N–H and O–H groups in total. The average molecular weight is 673 g/mol. The number of pyridine rings is 1. The van der Waals surface area contributed by atoms with Gasteiger partial charge in [-0.15, -0.1) is 0 Å². The van der Waals surface area contributed by atoms with Gasteiger partial charge < -0.3 is 25.5 Å². The first-order chi connectivity index (χ1) is 12.9. The van der Waals surface area contributed by atoms with Crippen molar-refractivity contribution >= 4 is 22.5 Å². The number of anilines is 1. The van der Waals surface area contributed by atoms with Gasteiger partial charge >= 0.3 is 144 Å². The van der Waals surface area contributed by atoms with Gasteiger partial charge in [0.05, 0.1) is 5.52 Å². The number of fused-ring (bicyclic) bond motifs is 1. The second kappa shape index (κ2) is 14.4. The maximum Gasteiger partial charge on any atom is 1.00 e. The van der Waals surface area contributed by atoms with Crippen LogP contribution in [0.2, 0.25) is 0 Å². The van der Waals surface area contributed by atoms with E-state index in [2.05, 4.69) is 15.6 Å². The van der Waals surface area contributed by atoms with E-state index in [9.17, 15) is 18.0 Å². The monoisotopic (exact) mass is 673 g/mol. The molecule has 1 aromatic carbocycles. The minimum absolute atomic E-state index is 0. The molecule has 0 bridgehead atoms. The summed E-state index contributed by atoms with van der Waals surface area (Å²) in [5.41, 5.74) is -0.0762. The molecule has 160 valence electrons. The van der Waals surface area contributed by atoms with Crippen LogP contribution in [0, 0.1) is 20.8 Å². The molecule has 9 heteroatoms. The summed E-state index contributed by atoms with van der Waals surface area (Å²) >= 11 is 0. The summed E-state index contributed by atoms with van der Waals surface area (Å²) in [5.74, 6) is 0.353. The zero-order valence-electron chi connectivity index (χ0n) is 18.9. The van der Waals surface area contributed by atoms with E-state index in [4.69, 9.17) is 0 Å². The van der Waals surface area contributed by atoms with E-state index in [1.54, 1.807) is 24.3 Å². The molecule has 0 radical (unpaired) electrons. The Morgan fingerprint density at radius 2 is 1.52 bits per heavy atom. The molecule has 0 unspecified atom stereocenters. The fraction of sp³-hybridized carbons (Fsp3) is 0.455. The molecule has 2 fully saturated rings. The molecule has 0 saturated heterocycles. The van der Waals surface area contributed by atoms with Gasteiger partial charge in [-0.2, -0.15) is 13.2 Å². The van der Waals surface area contributed by atoms with Crippen LogP contribution in [0.15, 0.2) is 30.3 Å². The van der Waals surface area contributed by atoms with Crippen molar-refractivity contribution in [1.82, 2.24) is 10.3 Å². The van der Waals surface area contributed by atoms with E-state index in [1.807, 2.05) is 0 Å². The number of nitrogens with zero attached hydrogens (tertiary/aromatic N) is 1. The van der Waals surface area contributed by atoms with E-state index in [-0.39, 0.29) is 177 Å². The number of rotatable bonds is 4. The third-order valence-corrected chi connectivity index (χ3v) is 5.39. The Labute approximate surface area is 300 Å². The molecular weight excluding hydrogens is 645 g/mol. The second-order valence-corrected chi connectivity index (χ2v) is 7.55. The van der Waals surface area contributed by atoms with Gasteiger partial charge in [-0.25, -0.2) is 4.98 Å². The van der Waals surface area contributed by atoms with Crippen molar-refractivity contribution in [2.24, 2.45) is 5.92 Å². The number of hydrogen-bond acceptors (Lipinski definition) is 3. The molecule has 1 amide bonds. The standard InChI is InChI=1S/C20H22F3N3O.2CH3.2Cs/c21-20(22,23)18-11-17(15-3-1-2-4-16(15)26-18)24-13-7-9-14(10-8-13)25-19(27)12-5-6-12;;;;/h1-4,11-14H,5-10H2,(H,24,26)(H,25,27);2*1H3;;/q;2*-1;2*+1. The third kappa shape index (κ3) is 9.07. The predicted molar refractivity (Wildman–Crippen MR) is 110 cm³/mol. The Morgan fingerprint density at radius 1 is 0.935 bits per heavy atom. The molecule has 0 atom stereocenters. The summed E-state index contributed by atoms with van der Waals surface area (Å²) in [7, 11) is 0. The minimum atomic E-state index is -4.48. The topological polar surface area (TPSA) is 54.0 Å². The van der Waals surface area contributed by atoms with Crippen molar-refractivity contribution in [2.75, 3.05) is 5.32 Å². The number of carbonyl (C=O) groups is 1. The number of hydrogen-bond donors (Lipinski definition) is 2. The van der Waals surface area contributed by atoms with Crippen LogP contribution in [0.3, 0.4) is 0 Å². The summed E-state index contributed by atoms with van der Waals surface area (Å²) in [6.45, 7) is 0. The smallest absolute Gasteiger partial charge is 0.382 e. The van der Waals surface area contributed by atoms with Crippen LogP contribution in [-0.2, 0) is 11.0 Å². The molecular formula is C22H28Cs2F3N3O. The fourth-order valence-corrected chi connectivity index (χ4v) is 3.71. The predicted octanol–water partition coefficient (Wildman–Crippen LogP) is -0.589. The normalized spacial score (nSPS) is 20.2. The first-order valence-electron chi connectivity index (χ1n) is 9.44. The maximum atomic E-state index is 13.2. The Morgan fingerprint density at radius 3 is 2.10 bits per heavy atom. The number of benzene rings is 1. The summed E-state index contributed by atoms with van der Waals surface area (Å²) in [4.78, 5) is 15.6. The largest absolute Gasteiger partial charge is 1.00 e. The van der Waals surface area contributed by atoms with Gasteiger partial charge in [0.25, 0.3) is 0 Å². The fourth-order valence-electron chi connectivity index (χ4n) is 3.71. The van der Waals surface area contributed by atoms with Gasteiger partial charge in [-0.05, 0) is 50.7 Å². The molecule has 4 rings (SSSR count). The Balaban J connectivity index is 0.00000225. The van der Waals surface area contributed by atoms with Crippen molar-refractivity contribution in [1.29, 1.82) is 0 Å². The van der Waals surface area contributed by atoms with Gasteiger partial charge in [0, 0.05) is 29.1 Å². The van der Waals surface area contributed by atoms with E-state index in [0.717, 1.165) is 44.6 Å². The van der Waals surface area contributed by atoms with Crippen LogP contribution in [0.1, 0.15) is 44.2 Å². The number of halogens is 3. The third-order valence-electron chi connectivity index (χ3n) is 5.39. The quantitative estimate of drug-likeness (QED) is 0.428. The first kappa shape index (κ1) is 32.8. The molecule has 1 aromatic heterocycles. The first-order valence-corrected chi connectivity index (χ1v) is 9.44. The number of nitrogens with one attached hydrogen (secondary N) is 2. The van der Waals surface area contributed by atoms with Crippen LogP contribution in [0.25, 0.3) is 10.9 Å². The number of para-hydroxylation sites is 1. The zero-order valence-corrected chi connectivity index (χ0v) is 31.4. The van der Waals surface area contributed by atoms with E-state index < -0.39 is 11.9 Å². The summed E-state index contributed by atoms with van der Waals surface area (Å²) in [5, 5.41) is 7.08. The molecule has 2 aromatic rings. The number of amides is 1. The maximum absolute atomic E-state index is 13.2. The van der Waals surface area contributed by atoms with E-state index in [0.29, 0.717) is 16.6 Å². The van der Waals surface area contributed by atoms with Crippen molar-refractivity contribution in [2.45, 2.75) is 56.8 Å². The van der Waals surface area contributed by atoms with Crippen LogP contribution >= 0.6 is 0 Å². The van der Waals surface area contributed by atoms with Crippen molar-refractivity contribution in [3.8, 4) is 0 Å². The molecule has 4 nitrogen and oxygen atoms in total. The molecule has 0 spiro atoms. The van der Waals surface area contributed by atoms with Gasteiger partial charge in [-0.3, -0.25) is 4.79 Å². The molecule has 31 heavy (non-hydrogen) atoms. The summed E-state index contributed by atoms with van der Waals surface area (Å²) < 4.78 is 39.6. The average Bonchev–Trinajstić information content (AvgIpc) is 3.48. The number of alkyl halides is 3. The van der Waals surface area contributed by atoms with Gasteiger partial charge in [-0.1, -0.05) is 18.2 Å². The summed E-state index contributed by atoms with van der Waals surface area (Å²) in [6.07, 6.45) is 0.793. The Bertz CT molecular complexity index is 852. The van der Waals surface area contributed by atoms with Crippen LogP contribution < -0.4 is 148 Å². The number of carbonyl (C=O) groups excluding carboxylic acids is 1. The van der Waals surface area contributed by atoms with Crippen LogP contribution in [0.5, 0.6) is 0 Å². The van der Waals surface area contributed by atoms with Crippen LogP contribution in [-0.4, -0.2) is 23.0 Å². The molecule has 2 aliphatic rings. The summed E-state index contributed by atoms with van der Waals surface area (Å²) in [6, 6.07) is 8.23. The molecule has 2 aliphatic carbocycles. The second-order valence-electron chi connectivity index (χ2n) is 7.55.